The second-order valence-electron chi connectivity index (χ2n) is 6.34. The van der Waals surface area contributed by atoms with E-state index in [1.165, 1.54) is 18.4 Å². The highest BCUT2D eigenvalue weighted by Crippen LogP contribution is 2.35. The molecule has 0 amide bonds. The Morgan fingerprint density at radius 2 is 1.94 bits per heavy atom. The van der Waals surface area contributed by atoms with Crippen molar-refractivity contribution in [1.82, 2.24) is 4.98 Å². The quantitative estimate of drug-likeness (QED) is 0.786. The Morgan fingerprint density at radius 1 is 1.29 bits per heavy atom. The third kappa shape index (κ3) is 2.99. The molecule has 2 heteroatoms. The predicted molar refractivity (Wildman–Crippen MR) is 70.7 cm³/mol. The van der Waals surface area contributed by atoms with E-state index in [-0.39, 0.29) is 5.41 Å². The van der Waals surface area contributed by atoms with Gasteiger partial charge in [-0.15, -0.1) is 0 Å². The minimum atomic E-state index is 0.0414. The molecule has 2 nitrogen and oxygen atoms in total. The van der Waals surface area contributed by atoms with Crippen LogP contribution in [-0.4, -0.2) is 11.1 Å². The van der Waals surface area contributed by atoms with Crippen molar-refractivity contribution < 1.29 is 4.74 Å². The molecule has 1 fully saturated rings. The lowest BCUT2D eigenvalue weighted by Gasteiger charge is -2.22. The van der Waals surface area contributed by atoms with Crippen molar-refractivity contribution >= 4 is 0 Å². The van der Waals surface area contributed by atoms with Gasteiger partial charge in [0.05, 0.1) is 11.8 Å². The van der Waals surface area contributed by atoms with Crippen molar-refractivity contribution in [2.45, 2.75) is 64.9 Å². The molecule has 1 aromatic heterocycles. The maximum absolute atomic E-state index is 6.01. The summed E-state index contributed by atoms with van der Waals surface area (Å²) >= 11 is 0. The van der Waals surface area contributed by atoms with Gasteiger partial charge in [0, 0.05) is 11.6 Å². The zero-order valence-electron chi connectivity index (χ0n) is 11.6. The number of ether oxygens (including phenoxy) is 1. The van der Waals surface area contributed by atoms with Gasteiger partial charge in [0.2, 0.25) is 0 Å². The minimum absolute atomic E-state index is 0.0414. The highest BCUT2D eigenvalue weighted by Gasteiger charge is 2.28. The number of hydrogen-bond acceptors (Lipinski definition) is 2. The third-order valence-corrected chi connectivity index (χ3v) is 3.07. The molecule has 2 rings (SSSR count). The Bertz CT molecular complexity index is 400. The lowest BCUT2D eigenvalue weighted by molar-refractivity contribution is 0.291. The Kier molecular flexibility index (Phi) is 3.15. The highest BCUT2D eigenvalue weighted by atomic mass is 16.5. The average molecular weight is 233 g/mol. The fraction of sp³-hybridized carbons (Fsp3) is 0.667. The first-order chi connectivity index (χ1) is 7.88. The van der Waals surface area contributed by atoms with E-state index in [2.05, 4.69) is 45.7 Å². The van der Waals surface area contributed by atoms with Crippen LogP contribution in [-0.2, 0) is 5.41 Å². The molecule has 94 valence electrons. The van der Waals surface area contributed by atoms with E-state index < -0.39 is 0 Å². The van der Waals surface area contributed by atoms with Crippen LogP contribution in [0.3, 0.4) is 0 Å². The van der Waals surface area contributed by atoms with E-state index in [4.69, 9.17) is 4.74 Å². The minimum Gasteiger partial charge on any atom is -0.488 e. The van der Waals surface area contributed by atoms with E-state index in [1.807, 2.05) is 6.20 Å². The van der Waals surface area contributed by atoms with Gasteiger partial charge in [0.15, 0.2) is 0 Å². The van der Waals surface area contributed by atoms with Gasteiger partial charge >= 0.3 is 0 Å². The molecule has 1 aliphatic rings. The summed E-state index contributed by atoms with van der Waals surface area (Å²) in [5.41, 5.74) is 2.38. The van der Waals surface area contributed by atoms with Crippen LogP contribution in [0.1, 0.15) is 64.6 Å². The number of nitrogens with zero attached hydrogens (tertiary/aromatic N) is 1. The second-order valence-corrected chi connectivity index (χ2v) is 6.34. The normalized spacial score (nSPS) is 16.4. The van der Waals surface area contributed by atoms with Crippen LogP contribution in [0, 0.1) is 0 Å². The molecule has 0 N–H and O–H groups in total. The summed E-state index contributed by atoms with van der Waals surface area (Å²) in [6, 6.07) is 2.18. The van der Waals surface area contributed by atoms with E-state index >= 15 is 0 Å². The van der Waals surface area contributed by atoms with Gasteiger partial charge < -0.3 is 4.74 Å². The maximum atomic E-state index is 6.01. The maximum Gasteiger partial charge on any atom is 0.142 e. The summed E-state index contributed by atoms with van der Waals surface area (Å²) in [5.74, 6) is 1.49. The van der Waals surface area contributed by atoms with Gasteiger partial charge in [-0.25, -0.2) is 0 Å². The van der Waals surface area contributed by atoms with Crippen LogP contribution >= 0.6 is 0 Å². The summed E-state index contributed by atoms with van der Waals surface area (Å²) in [5, 5.41) is 0. The SMILES string of the molecule is CC(C)c1cnc(C(C)(C)C)c(OC2CC2)c1. The van der Waals surface area contributed by atoms with Crippen molar-refractivity contribution in [2.75, 3.05) is 0 Å². The molecule has 1 aliphatic carbocycles. The lowest BCUT2D eigenvalue weighted by Crippen LogP contribution is -2.16. The molecule has 1 aromatic rings. The van der Waals surface area contributed by atoms with Gasteiger partial charge in [-0.1, -0.05) is 34.6 Å². The van der Waals surface area contributed by atoms with Crippen molar-refractivity contribution in [3.63, 3.8) is 0 Å². The largest absolute Gasteiger partial charge is 0.488 e. The molecule has 0 atom stereocenters. The first kappa shape index (κ1) is 12.4. The van der Waals surface area contributed by atoms with Crippen molar-refractivity contribution in [2.24, 2.45) is 0 Å². The molecule has 0 radical (unpaired) electrons. The van der Waals surface area contributed by atoms with Crippen LogP contribution in [0.15, 0.2) is 12.3 Å². The van der Waals surface area contributed by atoms with E-state index in [9.17, 15) is 0 Å². The van der Waals surface area contributed by atoms with E-state index in [0.717, 1.165) is 11.4 Å². The highest BCUT2D eigenvalue weighted by molar-refractivity contribution is 5.37. The molecule has 0 spiro atoms. The molecule has 17 heavy (non-hydrogen) atoms. The average Bonchev–Trinajstić information content (AvgIpc) is 2.99. The Hall–Kier alpha value is -1.05. The molecule has 0 saturated heterocycles. The van der Waals surface area contributed by atoms with Gasteiger partial charge in [0.25, 0.3) is 0 Å². The lowest BCUT2D eigenvalue weighted by atomic mass is 9.90. The van der Waals surface area contributed by atoms with E-state index in [0.29, 0.717) is 12.0 Å². The topological polar surface area (TPSA) is 22.1 Å². The van der Waals surface area contributed by atoms with E-state index in [1.54, 1.807) is 0 Å². The van der Waals surface area contributed by atoms with Crippen molar-refractivity contribution in [3.8, 4) is 5.75 Å². The molecular formula is C15H23NO. The van der Waals surface area contributed by atoms with Crippen LogP contribution < -0.4 is 4.74 Å². The number of pyridine rings is 1. The summed E-state index contributed by atoms with van der Waals surface area (Å²) in [4.78, 5) is 4.63. The van der Waals surface area contributed by atoms with Gasteiger partial charge in [-0.3, -0.25) is 4.98 Å². The molecule has 0 unspecified atom stereocenters. The first-order valence-electron chi connectivity index (χ1n) is 6.55. The Balaban J connectivity index is 2.36. The zero-order chi connectivity index (χ0) is 12.6. The smallest absolute Gasteiger partial charge is 0.142 e. The predicted octanol–water partition coefficient (Wildman–Crippen LogP) is 4.04. The van der Waals surface area contributed by atoms with Crippen LogP contribution in [0.5, 0.6) is 5.75 Å². The van der Waals surface area contributed by atoms with Crippen LogP contribution in [0.4, 0.5) is 0 Å². The molecule has 0 aromatic carbocycles. The van der Waals surface area contributed by atoms with Gasteiger partial charge in [-0.05, 0) is 30.4 Å². The standard InChI is InChI=1S/C15H23NO/c1-10(2)11-8-13(17-12-6-7-12)14(16-9-11)15(3,4)5/h8-10,12H,6-7H2,1-5H3. The Morgan fingerprint density at radius 3 is 2.41 bits per heavy atom. The monoisotopic (exact) mass is 233 g/mol. The summed E-state index contributed by atoms with van der Waals surface area (Å²) in [7, 11) is 0. The fourth-order valence-electron chi connectivity index (χ4n) is 1.79. The van der Waals surface area contributed by atoms with Crippen LogP contribution in [0.25, 0.3) is 0 Å². The number of aromatic nitrogens is 1. The molecular weight excluding hydrogens is 210 g/mol. The summed E-state index contributed by atoms with van der Waals surface area (Å²) < 4.78 is 6.01. The summed E-state index contributed by atoms with van der Waals surface area (Å²) in [6.45, 7) is 10.9. The third-order valence-electron chi connectivity index (χ3n) is 3.07. The summed E-state index contributed by atoms with van der Waals surface area (Å²) in [6.07, 6.45) is 4.80. The van der Waals surface area contributed by atoms with Gasteiger partial charge in [0.1, 0.15) is 5.75 Å². The second kappa shape index (κ2) is 4.32. The number of rotatable bonds is 3. The Labute approximate surface area is 104 Å². The molecule has 0 bridgehead atoms. The molecule has 1 saturated carbocycles. The van der Waals surface area contributed by atoms with Crippen molar-refractivity contribution in [1.29, 1.82) is 0 Å². The molecule has 1 heterocycles. The van der Waals surface area contributed by atoms with Crippen molar-refractivity contribution in [3.05, 3.63) is 23.5 Å². The zero-order valence-corrected chi connectivity index (χ0v) is 11.6. The van der Waals surface area contributed by atoms with Crippen LogP contribution in [0.2, 0.25) is 0 Å². The molecule has 0 aliphatic heterocycles. The number of hydrogen-bond donors (Lipinski definition) is 0. The van der Waals surface area contributed by atoms with Gasteiger partial charge in [-0.2, -0.15) is 0 Å². The first-order valence-corrected chi connectivity index (χ1v) is 6.55. The fourth-order valence-corrected chi connectivity index (χ4v) is 1.79.